The molecule has 1 aromatic rings. The predicted molar refractivity (Wildman–Crippen MR) is 55.5 cm³/mol. The van der Waals surface area contributed by atoms with Crippen LogP contribution in [0.3, 0.4) is 0 Å². The smallest absolute Gasteiger partial charge is 0.153 e. The molecule has 72 valence electrons. The molecule has 3 heteroatoms. The van der Waals surface area contributed by atoms with Gasteiger partial charge < -0.3 is 0 Å². The Labute approximate surface area is 83.9 Å². The molecule has 0 atom stereocenters. The van der Waals surface area contributed by atoms with E-state index in [4.69, 9.17) is 11.6 Å². The summed E-state index contributed by atoms with van der Waals surface area (Å²) in [5, 5.41) is 0.477. The quantitative estimate of drug-likeness (QED) is 0.651. The Morgan fingerprint density at radius 3 is 2.31 bits per heavy atom. The van der Waals surface area contributed by atoms with Gasteiger partial charge in [-0.15, -0.1) is 0 Å². The minimum absolute atomic E-state index is 0.477. The van der Waals surface area contributed by atoms with Gasteiger partial charge in [-0.05, 0) is 19.9 Å². The number of hydrogen-bond donors (Lipinski definition) is 0. The van der Waals surface area contributed by atoms with Gasteiger partial charge in [0.05, 0.1) is 10.6 Å². The highest BCUT2D eigenvalue weighted by atomic mass is 35.5. The maximum absolute atomic E-state index is 10.4. The molecule has 0 fully saturated rings. The third kappa shape index (κ3) is 3.15. The van der Waals surface area contributed by atoms with Crippen molar-refractivity contribution in [3.63, 3.8) is 0 Å². The number of rotatable bonds is 1. The van der Waals surface area contributed by atoms with Crippen LogP contribution in [-0.4, -0.2) is 11.3 Å². The molecule has 2 nitrogen and oxygen atoms in total. The average Bonchev–Trinajstić information content (AvgIpc) is 2.07. The van der Waals surface area contributed by atoms with E-state index in [1.54, 1.807) is 13.0 Å². The molecule has 0 bridgehead atoms. The fraction of sp³-hybridized carbons (Fsp3) is 0.400. The SMILES string of the molecule is CC.Cc1cc(Cl)c(C=O)c(C)n1. The molecular weight excluding hydrogens is 186 g/mol. The number of aryl methyl sites for hydroxylation is 2. The Hall–Kier alpha value is -0.890. The Morgan fingerprint density at radius 2 is 1.92 bits per heavy atom. The summed E-state index contributed by atoms with van der Waals surface area (Å²) < 4.78 is 0. The standard InChI is InChI=1S/C8H8ClNO.C2H6/c1-5-3-8(9)7(4-11)6(2)10-5;1-2/h3-4H,1-2H3;1-2H3. The molecule has 13 heavy (non-hydrogen) atoms. The number of carbonyl (C=O) groups excluding carboxylic acids is 1. The molecule has 0 aliphatic rings. The van der Waals surface area contributed by atoms with Crippen molar-refractivity contribution < 1.29 is 4.79 Å². The predicted octanol–water partition coefficient (Wildman–Crippen LogP) is 3.19. The van der Waals surface area contributed by atoms with Crippen molar-refractivity contribution in [1.29, 1.82) is 0 Å². The molecule has 0 amide bonds. The first-order chi connectivity index (χ1) is 6.15. The molecule has 0 spiro atoms. The summed E-state index contributed by atoms with van der Waals surface area (Å²) in [4.78, 5) is 14.5. The molecule has 1 aromatic heterocycles. The number of aldehydes is 1. The van der Waals surface area contributed by atoms with Gasteiger partial charge in [0, 0.05) is 11.4 Å². The molecule has 0 unspecified atom stereocenters. The summed E-state index contributed by atoms with van der Waals surface area (Å²) in [6.07, 6.45) is 0.726. The second kappa shape index (κ2) is 5.70. The lowest BCUT2D eigenvalue weighted by Crippen LogP contribution is -1.94. The van der Waals surface area contributed by atoms with Gasteiger partial charge in [-0.25, -0.2) is 0 Å². The first kappa shape index (κ1) is 12.1. The zero-order chi connectivity index (χ0) is 10.4. The van der Waals surface area contributed by atoms with E-state index in [2.05, 4.69) is 4.98 Å². The average molecular weight is 200 g/mol. The lowest BCUT2D eigenvalue weighted by molar-refractivity contribution is 0.112. The Kier molecular flexibility index (Phi) is 5.31. The highest BCUT2D eigenvalue weighted by Crippen LogP contribution is 2.16. The molecule has 0 N–H and O–H groups in total. The van der Waals surface area contributed by atoms with Crippen LogP contribution in [0.1, 0.15) is 35.6 Å². The van der Waals surface area contributed by atoms with Crippen molar-refractivity contribution in [3.05, 3.63) is 28.0 Å². The number of aromatic nitrogens is 1. The van der Waals surface area contributed by atoms with Crippen LogP contribution in [0.15, 0.2) is 6.07 Å². The monoisotopic (exact) mass is 199 g/mol. The van der Waals surface area contributed by atoms with E-state index < -0.39 is 0 Å². The van der Waals surface area contributed by atoms with Crippen LogP contribution in [0.4, 0.5) is 0 Å². The van der Waals surface area contributed by atoms with Crippen molar-refractivity contribution in [3.8, 4) is 0 Å². The number of nitrogens with zero attached hydrogens (tertiary/aromatic N) is 1. The largest absolute Gasteiger partial charge is 0.298 e. The van der Waals surface area contributed by atoms with E-state index in [9.17, 15) is 4.79 Å². The Morgan fingerprint density at radius 1 is 1.38 bits per heavy atom. The van der Waals surface area contributed by atoms with E-state index in [0.717, 1.165) is 12.0 Å². The summed E-state index contributed by atoms with van der Waals surface area (Å²) in [6.45, 7) is 7.61. The van der Waals surface area contributed by atoms with Gasteiger partial charge in [0.1, 0.15) is 0 Å². The number of hydrogen-bond acceptors (Lipinski definition) is 2. The van der Waals surface area contributed by atoms with Crippen molar-refractivity contribution in [2.45, 2.75) is 27.7 Å². The van der Waals surface area contributed by atoms with Gasteiger partial charge in [-0.1, -0.05) is 25.4 Å². The molecule has 1 rings (SSSR count). The van der Waals surface area contributed by atoms with Gasteiger partial charge in [-0.2, -0.15) is 0 Å². The van der Waals surface area contributed by atoms with Crippen LogP contribution in [0, 0.1) is 13.8 Å². The summed E-state index contributed by atoms with van der Waals surface area (Å²) in [5.74, 6) is 0. The van der Waals surface area contributed by atoms with Crippen molar-refractivity contribution in [2.75, 3.05) is 0 Å². The summed E-state index contributed by atoms with van der Waals surface area (Å²) >= 11 is 5.76. The molecule has 0 radical (unpaired) electrons. The molecule has 0 saturated heterocycles. The number of carbonyl (C=O) groups is 1. The van der Waals surface area contributed by atoms with Crippen LogP contribution in [0.25, 0.3) is 0 Å². The third-order valence-corrected chi connectivity index (χ3v) is 1.76. The van der Waals surface area contributed by atoms with Gasteiger partial charge in [-0.3, -0.25) is 9.78 Å². The van der Waals surface area contributed by atoms with Crippen molar-refractivity contribution in [1.82, 2.24) is 4.98 Å². The first-order valence-corrected chi connectivity index (χ1v) is 4.62. The van der Waals surface area contributed by atoms with Gasteiger partial charge >= 0.3 is 0 Å². The Bertz CT molecular complexity index is 274. The van der Waals surface area contributed by atoms with E-state index in [1.165, 1.54) is 0 Å². The molecule has 1 heterocycles. The lowest BCUT2D eigenvalue weighted by Gasteiger charge is -2.00. The maximum atomic E-state index is 10.4. The van der Waals surface area contributed by atoms with E-state index in [-0.39, 0.29) is 0 Å². The van der Waals surface area contributed by atoms with E-state index in [0.29, 0.717) is 16.3 Å². The van der Waals surface area contributed by atoms with Gasteiger partial charge in [0.25, 0.3) is 0 Å². The van der Waals surface area contributed by atoms with Crippen LogP contribution in [0.2, 0.25) is 5.02 Å². The second-order valence-corrected chi connectivity index (χ2v) is 2.77. The summed E-state index contributed by atoms with van der Waals surface area (Å²) in [7, 11) is 0. The fourth-order valence-electron chi connectivity index (χ4n) is 0.933. The van der Waals surface area contributed by atoms with E-state index in [1.807, 2.05) is 20.8 Å². The zero-order valence-corrected chi connectivity index (χ0v) is 9.14. The number of halogens is 1. The minimum Gasteiger partial charge on any atom is -0.298 e. The molecule has 0 saturated carbocycles. The first-order valence-electron chi connectivity index (χ1n) is 4.24. The van der Waals surface area contributed by atoms with Crippen molar-refractivity contribution >= 4 is 17.9 Å². The van der Waals surface area contributed by atoms with Crippen LogP contribution in [0.5, 0.6) is 0 Å². The minimum atomic E-state index is 0.477. The van der Waals surface area contributed by atoms with Gasteiger partial charge in [0.15, 0.2) is 6.29 Å². The normalized spacial score (nSPS) is 8.69. The lowest BCUT2D eigenvalue weighted by atomic mass is 10.2. The summed E-state index contributed by atoms with van der Waals surface area (Å²) in [5.41, 5.74) is 2.00. The molecule has 0 aliphatic carbocycles. The summed E-state index contributed by atoms with van der Waals surface area (Å²) in [6, 6.07) is 1.68. The van der Waals surface area contributed by atoms with Crippen molar-refractivity contribution in [2.24, 2.45) is 0 Å². The maximum Gasteiger partial charge on any atom is 0.153 e. The van der Waals surface area contributed by atoms with Crippen LogP contribution >= 0.6 is 11.6 Å². The fourth-order valence-corrected chi connectivity index (χ4v) is 1.27. The third-order valence-electron chi connectivity index (χ3n) is 1.44. The van der Waals surface area contributed by atoms with E-state index >= 15 is 0 Å². The molecule has 0 aliphatic heterocycles. The Balaban J connectivity index is 0.000000671. The van der Waals surface area contributed by atoms with Crippen LogP contribution < -0.4 is 0 Å². The second-order valence-electron chi connectivity index (χ2n) is 2.36. The highest BCUT2D eigenvalue weighted by Gasteiger charge is 2.03. The van der Waals surface area contributed by atoms with Gasteiger partial charge in [0.2, 0.25) is 0 Å². The highest BCUT2D eigenvalue weighted by molar-refractivity contribution is 6.33. The molecular formula is C10H14ClNO. The molecule has 0 aromatic carbocycles. The van der Waals surface area contributed by atoms with Crippen LogP contribution in [-0.2, 0) is 0 Å². The number of pyridine rings is 1. The zero-order valence-electron chi connectivity index (χ0n) is 8.39. The topological polar surface area (TPSA) is 30.0 Å².